The Morgan fingerprint density at radius 1 is 1.15 bits per heavy atom. The molecule has 7 heteroatoms. The van der Waals surface area contributed by atoms with Gasteiger partial charge in [0.15, 0.2) is 5.11 Å². The third kappa shape index (κ3) is 4.89. The van der Waals surface area contributed by atoms with Gasteiger partial charge >= 0.3 is 0 Å². The Balaban J connectivity index is 1.73. The number of para-hydroxylation sites is 1. The maximum absolute atomic E-state index is 12.6. The van der Waals surface area contributed by atoms with Gasteiger partial charge in [-0.15, -0.1) is 0 Å². The second-order valence-corrected chi connectivity index (χ2v) is 7.08. The van der Waals surface area contributed by atoms with Gasteiger partial charge in [0.1, 0.15) is 5.56 Å². The number of hydrogen-bond donors (Lipinski definition) is 1. The van der Waals surface area contributed by atoms with Gasteiger partial charge in [-0.05, 0) is 42.6 Å². The standard InChI is InChI=1S/C20H21N3O3S/c24-19(17-11-4-5-12-18(17)23(25)26)21-20(27)22(14-16-9-6-10-16)13-15-7-2-1-3-8-15/h1-5,7-8,11-12,16H,6,9-10,13-14H2,(H,21,24,27). The number of hydrogen-bond acceptors (Lipinski definition) is 4. The van der Waals surface area contributed by atoms with Crippen molar-refractivity contribution in [1.82, 2.24) is 10.2 Å². The van der Waals surface area contributed by atoms with Gasteiger partial charge in [-0.2, -0.15) is 0 Å². The number of nitrogens with one attached hydrogen (secondary N) is 1. The number of benzene rings is 2. The highest BCUT2D eigenvalue weighted by molar-refractivity contribution is 7.80. The molecule has 0 unspecified atom stereocenters. The zero-order chi connectivity index (χ0) is 19.2. The summed E-state index contributed by atoms with van der Waals surface area (Å²) in [7, 11) is 0. The van der Waals surface area contributed by atoms with Crippen molar-refractivity contribution < 1.29 is 9.72 Å². The lowest BCUT2D eigenvalue weighted by atomic mass is 9.85. The molecule has 0 bridgehead atoms. The number of nitro groups is 1. The molecule has 0 spiro atoms. The van der Waals surface area contributed by atoms with Crippen LogP contribution >= 0.6 is 12.2 Å². The molecule has 1 aliphatic rings. The third-order valence-corrected chi connectivity index (χ3v) is 5.13. The Bertz CT molecular complexity index is 837. The largest absolute Gasteiger partial charge is 0.344 e. The molecule has 6 nitrogen and oxygen atoms in total. The summed E-state index contributed by atoms with van der Waals surface area (Å²) in [6, 6.07) is 15.8. The van der Waals surface area contributed by atoms with Crippen LogP contribution in [0.1, 0.15) is 35.2 Å². The summed E-state index contributed by atoms with van der Waals surface area (Å²) >= 11 is 5.47. The monoisotopic (exact) mass is 383 g/mol. The van der Waals surface area contributed by atoms with Gasteiger partial charge in [-0.25, -0.2) is 0 Å². The number of amides is 1. The zero-order valence-electron chi connectivity index (χ0n) is 14.8. The predicted octanol–water partition coefficient (Wildman–Crippen LogP) is 3.91. The molecule has 1 saturated carbocycles. The maximum atomic E-state index is 12.6. The fraction of sp³-hybridized carbons (Fsp3) is 0.300. The summed E-state index contributed by atoms with van der Waals surface area (Å²) in [5.41, 5.74) is 0.874. The van der Waals surface area contributed by atoms with E-state index in [1.807, 2.05) is 35.2 Å². The first kappa shape index (κ1) is 19.0. The molecule has 1 aliphatic carbocycles. The minimum atomic E-state index is -0.561. The molecule has 0 heterocycles. The van der Waals surface area contributed by atoms with Crippen LogP contribution in [0, 0.1) is 16.0 Å². The number of rotatable bonds is 6. The van der Waals surface area contributed by atoms with E-state index in [0.29, 0.717) is 17.6 Å². The normalized spacial score (nSPS) is 13.5. The van der Waals surface area contributed by atoms with Gasteiger partial charge in [0.05, 0.1) is 4.92 Å². The molecular formula is C20H21N3O3S. The molecule has 1 amide bonds. The van der Waals surface area contributed by atoms with Crippen molar-refractivity contribution >= 4 is 28.9 Å². The molecular weight excluding hydrogens is 362 g/mol. The molecule has 0 aliphatic heterocycles. The van der Waals surface area contributed by atoms with Crippen molar-refractivity contribution in [3.05, 3.63) is 75.8 Å². The fourth-order valence-electron chi connectivity index (χ4n) is 3.08. The van der Waals surface area contributed by atoms with Gasteiger partial charge in [0.2, 0.25) is 0 Å². The summed E-state index contributed by atoms with van der Waals surface area (Å²) in [4.78, 5) is 25.2. The predicted molar refractivity (Wildman–Crippen MR) is 107 cm³/mol. The zero-order valence-corrected chi connectivity index (χ0v) is 15.7. The van der Waals surface area contributed by atoms with E-state index >= 15 is 0 Å². The Labute approximate surface area is 163 Å². The van der Waals surface area contributed by atoms with E-state index in [-0.39, 0.29) is 11.3 Å². The van der Waals surface area contributed by atoms with E-state index < -0.39 is 10.8 Å². The quantitative estimate of drug-likeness (QED) is 0.465. The lowest BCUT2D eigenvalue weighted by Gasteiger charge is -2.34. The highest BCUT2D eigenvalue weighted by atomic mass is 32.1. The molecule has 140 valence electrons. The van der Waals surface area contributed by atoms with Crippen LogP contribution in [0.2, 0.25) is 0 Å². The maximum Gasteiger partial charge on any atom is 0.282 e. The Morgan fingerprint density at radius 3 is 2.44 bits per heavy atom. The lowest BCUT2D eigenvalue weighted by Crippen LogP contribution is -2.45. The van der Waals surface area contributed by atoms with Crippen molar-refractivity contribution in [2.45, 2.75) is 25.8 Å². The number of carbonyl (C=O) groups is 1. The molecule has 0 saturated heterocycles. The minimum Gasteiger partial charge on any atom is -0.344 e. The second kappa shape index (κ2) is 8.73. The first-order valence-electron chi connectivity index (χ1n) is 8.92. The number of nitro benzene ring substituents is 1. The van der Waals surface area contributed by atoms with Gasteiger partial charge in [0, 0.05) is 19.2 Å². The average molecular weight is 383 g/mol. The minimum absolute atomic E-state index is 0.00755. The van der Waals surface area contributed by atoms with E-state index in [1.165, 1.54) is 24.6 Å². The first-order chi connectivity index (χ1) is 13.0. The molecule has 1 N–H and O–H groups in total. The molecule has 3 rings (SSSR count). The summed E-state index contributed by atoms with van der Waals surface area (Å²) in [6.45, 7) is 1.36. The van der Waals surface area contributed by atoms with Gasteiger partial charge in [-0.3, -0.25) is 20.2 Å². The molecule has 27 heavy (non-hydrogen) atoms. The van der Waals surface area contributed by atoms with Crippen molar-refractivity contribution in [2.24, 2.45) is 5.92 Å². The van der Waals surface area contributed by atoms with E-state index in [9.17, 15) is 14.9 Å². The summed E-state index contributed by atoms with van der Waals surface area (Å²) < 4.78 is 0. The fourth-order valence-corrected chi connectivity index (χ4v) is 3.31. The first-order valence-corrected chi connectivity index (χ1v) is 9.33. The van der Waals surface area contributed by atoms with Gasteiger partial charge in [0.25, 0.3) is 11.6 Å². The summed E-state index contributed by atoms with van der Waals surface area (Å²) in [6.07, 6.45) is 3.54. The molecule has 0 aromatic heterocycles. The van der Waals surface area contributed by atoms with E-state index in [2.05, 4.69) is 5.32 Å². The van der Waals surface area contributed by atoms with Gasteiger partial charge < -0.3 is 4.90 Å². The Hall–Kier alpha value is -2.80. The van der Waals surface area contributed by atoms with Crippen LogP contribution in [0.15, 0.2) is 54.6 Å². The molecule has 2 aromatic carbocycles. The van der Waals surface area contributed by atoms with Crippen molar-refractivity contribution in [3.8, 4) is 0 Å². The van der Waals surface area contributed by atoms with Gasteiger partial charge in [-0.1, -0.05) is 48.9 Å². The van der Waals surface area contributed by atoms with Crippen molar-refractivity contribution in [1.29, 1.82) is 0 Å². The Kier molecular flexibility index (Phi) is 6.13. The number of thiocarbonyl (C=S) groups is 1. The lowest BCUT2D eigenvalue weighted by molar-refractivity contribution is -0.385. The second-order valence-electron chi connectivity index (χ2n) is 6.70. The van der Waals surface area contributed by atoms with Crippen LogP contribution in [0.4, 0.5) is 5.69 Å². The molecule has 0 radical (unpaired) electrons. The SMILES string of the molecule is O=C(NC(=S)N(Cc1ccccc1)CC1CCC1)c1ccccc1[N+](=O)[O-]. The average Bonchev–Trinajstić information content (AvgIpc) is 2.64. The van der Waals surface area contributed by atoms with Crippen molar-refractivity contribution in [2.75, 3.05) is 6.54 Å². The highest BCUT2D eigenvalue weighted by Crippen LogP contribution is 2.27. The van der Waals surface area contributed by atoms with Crippen LogP contribution in [0.5, 0.6) is 0 Å². The van der Waals surface area contributed by atoms with Crippen LogP contribution in [-0.2, 0) is 6.54 Å². The van der Waals surface area contributed by atoms with E-state index in [1.54, 1.807) is 6.07 Å². The summed E-state index contributed by atoms with van der Waals surface area (Å²) in [5.74, 6) is 0.00796. The highest BCUT2D eigenvalue weighted by Gasteiger charge is 2.25. The summed E-state index contributed by atoms with van der Waals surface area (Å²) in [5, 5.41) is 14.1. The molecule has 2 aromatic rings. The van der Waals surface area contributed by atoms with Crippen LogP contribution in [0.25, 0.3) is 0 Å². The van der Waals surface area contributed by atoms with E-state index in [0.717, 1.165) is 24.9 Å². The van der Waals surface area contributed by atoms with E-state index in [4.69, 9.17) is 12.2 Å². The van der Waals surface area contributed by atoms with Crippen LogP contribution < -0.4 is 5.32 Å². The number of nitrogens with zero attached hydrogens (tertiary/aromatic N) is 2. The number of carbonyl (C=O) groups excluding carboxylic acids is 1. The Morgan fingerprint density at radius 2 is 1.81 bits per heavy atom. The third-order valence-electron chi connectivity index (χ3n) is 4.77. The molecule has 0 atom stereocenters. The molecule has 1 fully saturated rings. The van der Waals surface area contributed by atoms with Crippen molar-refractivity contribution in [3.63, 3.8) is 0 Å². The topological polar surface area (TPSA) is 75.5 Å². The van der Waals surface area contributed by atoms with Crippen LogP contribution in [-0.4, -0.2) is 27.4 Å². The smallest absolute Gasteiger partial charge is 0.282 e. The van der Waals surface area contributed by atoms with Crippen LogP contribution in [0.3, 0.4) is 0 Å².